The van der Waals surface area contributed by atoms with Crippen molar-refractivity contribution in [3.05, 3.63) is 41.5 Å². The standard InChI is InChI=1S/C18H25NO/c1-14(15-9-11-17(19)12-10-15)13-18(20)16-7-5-3-2-4-6-8-16/h7,9-12,14H,2-6,8,13,19H2,1H3/b16-7+. The summed E-state index contributed by atoms with van der Waals surface area (Å²) in [7, 11) is 0. The lowest BCUT2D eigenvalue weighted by Crippen LogP contribution is -2.08. The molecule has 1 aromatic rings. The number of rotatable bonds is 4. The molecule has 0 heterocycles. The second-order valence-electron chi connectivity index (χ2n) is 5.88. The number of hydrogen-bond donors (Lipinski definition) is 1. The van der Waals surface area contributed by atoms with Gasteiger partial charge in [0.25, 0.3) is 0 Å². The van der Waals surface area contributed by atoms with Gasteiger partial charge >= 0.3 is 0 Å². The number of allylic oxidation sites excluding steroid dienone is 2. The molecule has 0 amide bonds. The number of ketones is 1. The van der Waals surface area contributed by atoms with Crippen LogP contribution in [0.5, 0.6) is 0 Å². The predicted octanol–water partition coefficient (Wildman–Crippen LogP) is 4.61. The SMILES string of the molecule is CC(CC(=O)/C1=C/CCCCCC1)c1ccc(N)cc1. The van der Waals surface area contributed by atoms with Crippen molar-refractivity contribution in [1.82, 2.24) is 0 Å². The first-order chi connectivity index (χ1) is 9.66. The van der Waals surface area contributed by atoms with Crippen molar-refractivity contribution in [1.29, 1.82) is 0 Å². The van der Waals surface area contributed by atoms with Gasteiger partial charge in [-0.15, -0.1) is 0 Å². The first-order valence-corrected chi connectivity index (χ1v) is 7.74. The van der Waals surface area contributed by atoms with Crippen LogP contribution in [0, 0.1) is 0 Å². The number of anilines is 1. The molecule has 108 valence electrons. The zero-order valence-electron chi connectivity index (χ0n) is 12.4. The van der Waals surface area contributed by atoms with Crippen molar-refractivity contribution in [3.63, 3.8) is 0 Å². The highest BCUT2D eigenvalue weighted by Crippen LogP contribution is 2.25. The first kappa shape index (κ1) is 14.8. The summed E-state index contributed by atoms with van der Waals surface area (Å²) in [4.78, 5) is 12.4. The fraction of sp³-hybridized carbons (Fsp3) is 0.500. The van der Waals surface area contributed by atoms with E-state index in [1.165, 1.54) is 24.8 Å². The Balaban J connectivity index is 1.97. The highest BCUT2D eigenvalue weighted by atomic mass is 16.1. The number of nitrogen functional groups attached to an aromatic ring is 1. The summed E-state index contributed by atoms with van der Waals surface area (Å²) >= 11 is 0. The normalized spacial score (nSPS) is 20.4. The molecule has 1 unspecified atom stereocenters. The zero-order chi connectivity index (χ0) is 14.4. The Morgan fingerprint density at radius 3 is 2.60 bits per heavy atom. The Morgan fingerprint density at radius 2 is 1.85 bits per heavy atom. The van der Waals surface area contributed by atoms with E-state index in [0.717, 1.165) is 30.5 Å². The molecular formula is C18H25NO. The average Bonchev–Trinajstić information content (AvgIpc) is 2.38. The van der Waals surface area contributed by atoms with Crippen molar-refractivity contribution < 1.29 is 4.79 Å². The molecule has 0 saturated heterocycles. The highest BCUT2D eigenvalue weighted by Gasteiger charge is 2.15. The maximum absolute atomic E-state index is 12.4. The molecule has 20 heavy (non-hydrogen) atoms. The van der Waals surface area contributed by atoms with Gasteiger partial charge in [-0.3, -0.25) is 4.79 Å². The summed E-state index contributed by atoms with van der Waals surface area (Å²) in [5.74, 6) is 0.589. The number of carbonyl (C=O) groups excluding carboxylic acids is 1. The quantitative estimate of drug-likeness (QED) is 0.812. The number of Topliss-reactive ketones (excluding diaryl/α,β-unsaturated/α-hetero) is 1. The van der Waals surface area contributed by atoms with Gasteiger partial charge in [0.1, 0.15) is 0 Å². The summed E-state index contributed by atoms with van der Waals surface area (Å²) in [6.07, 6.45) is 9.77. The van der Waals surface area contributed by atoms with Crippen LogP contribution in [0.4, 0.5) is 5.69 Å². The summed E-state index contributed by atoms with van der Waals surface area (Å²) in [6.45, 7) is 2.12. The number of hydrogen-bond acceptors (Lipinski definition) is 2. The maximum atomic E-state index is 12.4. The predicted molar refractivity (Wildman–Crippen MR) is 84.7 cm³/mol. The molecule has 0 bridgehead atoms. The minimum absolute atomic E-state index is 0.259. The van der Waals surface area contributed by atoms with Gasteiger partial charge in [-0.25, -0.2) is 0 Å². The van der Waals surface area contributed by atoms with Crippen LogP contribution >= 0.6 is 0 Å². The lowest BCUT2D eigenvalue weighted by atomic mass is 9.90. The topological polar surface area (TPSA) is 43.1 Å². The third-order valence-corrected chi connectivity index (χ3v) is 4.15. The molecule has 1 aromatic carbocycles. The van der Waals surface area contributed by atoms with Gasteiger partial charge in [-0.05, 0) is 54.9 Å². The van der Waals surface area contributed by atoms with E-state index < -0.39 is 0 Å². The third-order valence-electron chi connectivity index (χ3n) is 4.15. The minimum atomic E-state index is 0.259. The van der Waals surface area contributed by atoms with Crippen molar-refractivity contribution >= 4 is 11.5 Å². The van der Waals surface area contributed by atoms with Crippen LogP contribution in [0.1, 0.15) is 63.4 Å². The number of benzene rings is 1. The molecule has 1 atom stereocenters. The van der Waals surface area contributed by atoms with Gasteiger partial charge in [-0.1, -0.05) is 38.0 Å². The van der Waals surface area contributed by atoms with Crippen molar-refractivity contribution in [3.8, 4) is 0 Å². The Bertz CT molecular complexity index is 473. The molecule has 2 N–H and O–H groups in total. The second kappa shape index (κ2) is 7.28. The van der Waals surface area contributed by atoms with Gasteiger partial charge in [0.05, 0.1) is 0 Å². The molecule has 1 aliphatic carbocycles. The lowest BCUT2D eigenvalue weighted by Gasteiger charge is -2.14. The fourth-order valence-corrected chi connectivity index (χ4v) is 2.80. The van der Waals surface area contributed by atoms with Crippen molar-refractivity contribution in [2.45, 2.75) is 57.8 Å². The maximum Gasteiger partial charge on any atom is 0.159 e. The summed E-state index contributed by atoms with van der Waals surface area (Å²) in [5.41, 5.74) is 8.73. The van der Waals surface area contributed by atoms with E-state index in [1.54, 1.807) is 0 Å². The van der Waals surface area contributed by atoms with E-state index in [9.17, 15) is 4.79 Å². The van der Waals surface area contributed by atoms with Crippen LogP contribution in [-0.2, 0) is 4.79 Å². The highest BCUT2D eigenvalue weighted by molar-refractivity contribution is 5.95. The molecule has 2 heteroatoms. The molecule has 0 aliphatic heterocycles. The van der Waals surface area contributed by atoms with E-state index in [1.807, 2.05) is 24.3 Å². The van der Waals surface area contributed by atoms with Crippen molar-refractivity contribution in [2.75, 3.05) is 5.73 Å². The second-order valence-corrected chi connectivity index (χ2v) is 5.88. The number of carbonyl (C=O) groups is 1. The Kier molecular flexibility index (Phi) is 5.40. The van der Waals surface area contributed by atoms with Crippen LogP contribution in [0.3, 0.4) is 0 Å². The molecule has 0 aromatic heterocycles. The van der Waals surface area contributed by atoms with Crippen LogP contribution in [0.2, 0.25) is 0 Å². The van der Waals surface area contributed by atoms with E-state index in [4.69, 9.17) is 5.73 Å². The molecule has 2 nitrogen and oxygen atoms in total. The minimum Gasteiger partial charge on any atom is -0.399 e. The van der Waals surface area contributed by atoms with Gasteiger partial charge in [0, 0.05) is 12.1 Å². The fourth-order valence-electron chi connectivity index (χ4n) is 2.80. The summed E-state index contributed by atoms with van der Waals surface area (Å²) in [5, 5.41) is 0. The molecule has 0 fully saturated rings. The zero-order valence-corrected chi connectivity index (χ0v) is 12.4. The van der Waals surface area contributed by atoms with Gasteiger partial charge in [0.2, 0.25) is 0 Å². The van der Waals surface area contributed by atoms with Crippen LogP contribution < -0.4 is 5.73 Å². The molecular weight excluding hydrogens is 246 g/mol. The number of nitrogens with two attached hydrogens (primary N) is 1. The monoisotopic (exact) mass is 271 g/mol. The van der Waals surface area contributed by atoms with Crippen molar-refractivity contribution in [2.24, 2.45) is 0 Å². The van der Waals surface area contributed by atoms with E-state index in [-0.39, 0.29) is 5.92 Å². The van der Waals surface area contributed by atoms with Crippen LogP contribution in [-0.4, -0.2) is 5.78 Å². The first-order valence-electron chi connectivity index (χ1n) is 7.74. The third kappa shape index (κ3) is 4.22. The van der Waals surface area contributed by atoms with Gasteiger partial charge in [-0.2, -0.15) is 0 Å². The summed E-state index contributed by atoms with van der Waals surface area (Å²) in [6, 6.07) is 7.87. The van der Waals surface area contributed by atoms with Crippen LogP contribution in [0.25, 0.3) is 0 Å². The molecule has 1 aliphatic rings. The summed E-state index contributed by atoms with van der Waals surface area (Å²) < 4.78 is 0. The molecule has 2 rings (SSSR count). The van der Waals surface area contributed by atoms with Gasteiger partial charge in [0.15, 0.2) is 5.78 Å². The van der Waals surface area contributed by atoms with Crippen LogP contribution in [0.15, 0.2) is 35.9 Å². The van der Waals surface area contributed by atoms with Gasteiger partial charge < -0.3 is 5.73 Å². The average molecular weight is 271 g/mol. The largest absolute Gasteiger partial charge is 0.399 e. The molecule has 0 radical (unpaired) electrons. The Morgan fingerprint density at radius 1 is 1.15 bits per heavy atom. The van der Waals surface area contributed by atoms with E-state index >= 15 is 0 Å². The van der Waals surface area contributed by atoms with E-state index in [0.29, 0.717) is 12.2 Å². The molecule has 0 saturated carbocycles. The Labute approximate surface area is 122 Å². The Hall–Kier alpha value is -1.57. The smallest absolute Gasteiger partial charge is 0.159 e. The van der Waals surface area contributed by atoms with E-state index in [2.05, 4.69) is 13.0 Å². The molecule has 0 spiro atoms. The lowest BCUT2D eigenvalue weighted by molar-refractivity contribution is -0.116.